The molecule has 1 aromatic rings. The first kappa shape index (κ1) is 10.6. The minimum absolute atomic E-state index is 0.0791. The van der Waals surface area contributed by atoms with Gasteiger partial charge in [0.15, 0.2) is 5.82 Å². The van der Waals surface area contributed by atoms with Gasteiger partial charge < -0.3 is 10.1 Å². The number of nitrogens with zero attached hydrogens (tertiary/aromatic N) is 3. The van der Waals surface area contributed by atoms with Crippen LogP contribution in [0.15, 0.2) is 6.33 Å². The Morgan fingerprint density at radius 1 is 1.69 bits per heavy atom. The predicted molar refractivity (Wildman–Crippen MR) is 62.4 cm³/mol. The third-order valence-electron chi connectivity index (χ3n) is 3.26. The average Bonchev–Trinajstić information content (AvgIpc) is 2.90. The van der Waals surface area contributed by atoms with E-state index in [1.807, 2.05) is 18.8 Å². The number of morpholine rings is 1. The Balaban J connectivity index is 1.91. The van der Waals surface area contributed by atoms with Crippen molar-refractivity contribution in [1.82, 2.24) is 20.1 Å². The van der Waals surface area contributed by atoms with Gasteiger partial charge >= 0.3 is 0 Å². The highest BCUT2D eigenvalue weighted by Crippen LogP contribution is 2.41. The molecule has 2 aliphatic heterocycles. The second kappa shape index (κ2) is 4.01. The van der Waals surface area contributed by atoms with Gasteiger partial charge in [0.2, 0.25) is 0 Å². The van der Waals surface area contributed by atoms with Gasteiger partial charge in [-0.05, 0) is 12.2 Å². The van der Waals surface area contributed by atoms with Gasteiger partial charge in [0.25, 0.3) is 0 Å². The number of aromatic nitrogens is 3. The van der Waals surface area contributed by atoms with Gasteiger partial charge in [0.05, 0.1) is 12.6 Å². The maximum atomic E-state index is 6.03. The lowest BCUT2D eigenvalue weighted by Gasteiger charge is -2.40. The standard InChI is InChI=1S/C10H16N4OS/c1-14-7-12-9(13-14)8-10(2-5-16-6-10)15-4-3-11-8/h7-8,11H,2-6H2,1H3. The third-order valence-corrected chi connectivity index (χ3v) is 4.44. The Morgan fingerprint density at radius 3 is 3.31 bits per heavy atom. The van der Waals surface area contributed by atoms with Crippen molar-refractivity contribution in [2.75, 3.05) is 24.7 Å². The van der Waals surface area contributed by atoms with Crippen LogP contribution in [0.5, 0.6) is 0 Å². The zero-order valence-electron chi connectivity index (χ0n) is 9.35. The van der Waals surface area contributed by atoms with Crippen molar-refractivity contribution in [2.24, 2.45) is 7.05 Å². The monoisotopic (exact) mass is 240 g/mol. The summed E-state index contributed by atoms with van der Waals surface area (Å²) in [5.74, 6) is 3.08. The quantitative estimate of drug-likeness (QED) is 0.768. The largest absolute Gasteiger partial charge is 0.371 e. The molecule has 0 aromatic carbocycles. The Hall–Kier alpha value is -0.590. The van der Waals surface area contributed by atoms with Gasteiger partial charge in [0.1, 0.15) is 11.9 Å². The lowest BCUT2D eigenvalue weighted by atomic mass is 9.91. The van der Waals surface area contributed by atoms with E-state index in [1.165, 1.54) is 5.75 Å². The minimum atomic E-state index is -0.0791. The summed E-state index contributed by atoms with van der Waals surface area (Å²) in [6, 6.07) is 0.150. The molecule has 88 valence electrons. The van der Waals surface area contributed by atoms with Crippen LogP contribution in [0.1, 0.15) is 18.3 Å². The van der Waals surface area contributed by atoms with Crippen LogP contribution in [0.2, 0.25) is 0 Å². The predicted octanol–water partition coefficient (Wildman–Crippen LogP) is 0.352. The van der Waals surface area contributed by atoms with Crippen molar-refractivity contribution in [3.8, 4) is 0 Å². The summed E-state index contributed by atoms with van der Waals surface area (Å²) < 4.78 is 7.78. The van der Waals surface area contributed by atoms with Crippen molar-refractivity contribution in [3.05, 3.63) is 12.2 Å². The van der Waals surface area contributed by atoms with E-state index < -0.39 is 0 Å². The Bertz CT molecular complexity index is 375. The maximum absolute atomic E-state index is 6.03. The number of aryl methyl sites for hydroxylation is 1. The molecular formula is C10H16N4OS. The number of ether oxygens (including phenoxy) is 1. The molecular weight excluding hydrogens is 224 g/mol. The van der Waals surface area contributed by atoms with E-state index in [-0.39, 0.29) is 11.6 Å². The normalized spacial score (nSPS) is 34.7. The summed E-state index contributed by atoms with van der Waals surface area (Å²) in [5.41, 5.74) is -0.0791. The zero-order chi connectivity index (χ0) is 11.0. The summed E-state index contributed by atoms with van der Waals surface area (Å²) in [4.78, 5) is 4.36. The number of nitrogens with one attached hydrogen (secondary N) is 1. The first-order valence-corrected chi connectivity index (χ1v) is 6.76. The number of thioether (sulfide) groups is 1. The fraction of sp³-hybridized carbons (Fsp3) is 0.800. The molecule has 6 heteroatoms. The molecule has 0 amide bonds. The Morgan fingerprint density at radius 2 is 2.62 bits per heavy atom. The van der Waals surface area contributed by atoms with Crippen molar-refractivity contribution >= 4 is 11.8 Å². The highest BCUT2D eigenvalue weighted by atomic mass is 32.2. The Kier molecular flexibility index (Phi) is 2.65. The minimum Gasteiger partial charge on any atom is -0.371 e. The highest BCUT2D eigenvalue weighted by molar-refractivity contribution is 7.99. The number of hydrogen-bond acceptors (Lipinski definition) is 5. The van der Waals surface area contributed by atoms with E-state index in [4.69, 9.17) is 4.74 Å². The molecule has 1 aromatic heterocycles. The first-order valence-electron chi connectivity index (χ1n) is 5.61. The van der Waals surface area contributed by atoms with Gasteiger partial charge in [0, 0.05) is 19.3 Å². The molecule has 2 atom stereocenters. The highest BCUT2D eigenvalue weighted by Gasteiger charge is 2.47. The van der Waals surface area contributed by atoms with Crippen molar-refractivity contribution < 1.29 is 4.74 Å². The topological polar surface area (TPSA) is 52.0 Å². The van der Waals surface area contributed by atoms with Crippen LogP contribution < -0.4 is 5.32 Å². The van der Waals surface area contributed by atoms with E-state index in [9.17, 15) is 0 Å². The second-order valence-corrected chi connectivity index (χ2v) is 5.48. The molecule has 3 rings (SSSR count). The van der Waals surface area contributed by atoms with E-state index in [0.717, 1.165) is 31.1 Å². The van der Waals surface area contributed by atoms with Crippen LogP contribution in [0.25, 0.3) is 0 Å². The molecule has 1 spiro atoms. The molecule has 2 saturated heterocycles. The van der Waals surface area contributed by atoms with E-state index in [1.54, 1.807) is 11.0 Å². The van der Waals surface area contributed by atoms with E-state index in [2.05, 4.69) is 15.4 Å². The first-order chi connectivity index (χ1) is 7.80. The van der Waals surface area contributed by atoms with Crippen molar-refractivity contribution in [1.29, 1.82) is 0 Å². The molecule has 0 saturated carbocycles. The van der Waals surface area contributed by atoms with Crippen LogP contribution in [0.3, 0.4) is 0 Å². The number of rotatable bonds is 1. The molecule has 16 heavy (non-hydrogen) atoms. The molecule has 1 N–H and O–H groups in total. The SMILES string of the molecule is Cn1cnc(C2NCCOC23CCSC3)n1. The van der Waals surface area contributed by atoms with E-state index >= 15 is 0 Å². The third kappa shape index (κ3) is 1.65. The summed E-state index contributed by atoms with van der Waals surface area (Å²) in [6.07, 6.45) is 2.84. The molecule has 2 aliphatic rings. The van der Waals surface area contributed by atoms with Gasteiger partial charge in [-0.1, -0.05) is 0 Å². The van der Waals surface area contributed by atoms with Crippen molar-refractivity contribution in [3.63, 3.8) is 0 Å². The summed E-state index contributed by atoms with van der Waals surface area (Å²) >= 11 is 1.96. The number of hydrogen-bond donors (Lipinski definition) is 1. The molecule has 0 aliphatic carbocycles. The van der Waals surface area contributed by atoms with Crippen LogP contribution in [0.4, 0.5) is 0 Å². The molecule has 3 heterocycles. The molecule has 0 bridgehead atoms. The lowest BCUT2D eigenvalue weighted by Crippen LogP contribution is -2.52. The average molecular weight is 240 g/mol. The van der Waals surface area contributed by atoms with Crippen LogP contribution >= 0.6 is 11.8 Å². The maximum Gasteiger partial charge on any atom is 0.170 e. The van der Waals surface area contributed by atoms with Gasteiger partial charge in [-0.25, -0.2) is 4.98 Å². The fourth-order valence-corrected chi connectivity index (χ4v) is 3.82. The summed E-state index contributed by atoms with van der Waals surface area (Å²) in [5, 5.41) is 7.91. The van der Waals surface area contributed by atoms with Crippen LogP contribution in [-0.4, -0.2) is 45.0 Å². The van der Waals surface area contributed by atoms with Gasteiger partial charge in [-0.2, -0.15) is 16.9 Å². The fourth-order valence-electron chi connectivity index (χ4n) is 2.45. The molecule has 2 unspecified atom stereocenters. The zero-order valence-corrected chi connectivity index (χ0v) is 10.2. The summed E-state index contributed by atoms with van der Waals surface area (Å²) in [6.45, 7) is 1.68. The van der Waals surface area contributed by atoms with E-state index in [0.29, 0.717) is 0 Å². The summed E-state index contributed by atoms with van der Waals surface area (Å²) in [7, 11) is 1.90. The lowest BCUT2D eigenvalue weighted by molar-refractivity contribution is -0.0817. The molecule has 0 radical (unpaired) electrons. The van der Waals surface area contributed by atoms with Gasteiger partial charge in [-0.3, -0.25) is 4.68 Å². The van der Waals surface area contributed by atoms with Crippen LogP contribution in [-0.2, 0) is 11.8 Å². The molecule has 2 fully saturated rings. The van der Waals surface area contributed by atoms with Crippen molar-refractivity contribution in [2.45, 2.75) is 18.1 Å². The Labute approximate surface area is 99.0 Å². The van der Waals surface area contributed by atoms with Crippen LogP contribution in [0, 0.1) is 0 Å². The van der Waals surface area contributed by atoms with Gasteiger partial charge in [-0.15, -0.1) is 0 Å². The molecule has 5 nitrogen and oxygen atoms in total. The second-order valence-electron chi connectivity index (χ2n) is 4.38. The smallest absolute Gasteiger partial charge is 0.170 e.